The second kappa shape index (κ2) is 10.0. The maximum atomic E-state index is 13.0. The molecule has 10 nitrogen and oxygen atoms in total. The van der Waals surface area contributed by atoms with Crippen molar-refractivity contribution in [2.45, 2.75) is 11.8 Å². The molecule has 0 radical (unpaired) electrons. The van der Waals surface area contributed by atoms with E-state index in [1.54, 1.807) is 43.5 Å². The van der Waals surface area contributed by atoms with Gasteiger partial charge in [0, 0.05) is 18.0 Å². The number of methoxy groups -OCH3 is 1. The number of aromatic nitrogens is 2. The van der Waals surface area contributed by atoms with E-state index < -0.39 is 22.0 Å². The third-order valence-corrected chi connectivity index (χ3v) is 5.76. The van der Waals surface area contributed by atoms with E-state index in [0.717, 1.165) is 6.08 Å². The number of benzene rings is 2. The average molecular weight is 471 g/mol. The number of ether oxygens (including phenoxy) is 2. The summed E-state index contributed by atoms with van der Waals surface area (Å²) in [6.07, 6.45) is 3.78. The van der Waals surface area contributed by atoms with Gasteiger partial charge in [0.05, 0.1) is 19.4 Å². The van der Waals surface area contributed by atoms with Crippen LogP contribution < -0.4 is 9.46 Å². The van der Waals surface area contributed by atoms with Gasteiger partial charge in [-0.15, -0.1) is 0 Å². The first-order valence-corrected chi connectivity index (χ1v) is 11.2. The number of aliphatic carboxylic acids is 1. The molecule has 2 N–H and O–H groups in total. The minimum Gasteiger partial charge on any atom is -0.495 e. The van der Waals surface area contributed by atoms with Gasteiger partial charge in [-0.25, -0.2) is 22.7 Å². The van der Waals surface area contributed by atoms with Crippen molar-refractivity contribution in [2.75, 3.05) is 18.4 Å². The van der Waals surface area contributed by atoms with Crippen LogP contribution in [-0.4, -0.2) is 49.0 Å². The standard InChI is InChI=1S/C22H21N3O7S/c1-3-32-22(28)18-12-13-25(23-18)17-8-6-16(7-9-17)24-33(29,30)20-14-15(5-11-21(26)27)4-10-19(20)31-2/h4-14,24H,3H2,1-2H3,(H,26,27)/b11-5+. The van der Waals surface area contributed by atoms with Gasteiger partial charge in [0.25, 0.3) is 10.0 Å². The second-order valence-corrected chi connectivity index (χ2v) is 8.25. The largest absolute Gasteiger partial charge is 0.495 e. The maximum absolute atomic E-state index is 13.0. The number of hydrogen-bond acceptors (Lipinski definition) is 7. The number of anilines is 1. The van der Waals surface area contributed by atoms with E-state index in [9.17, 15) is 18.0 Å². The van der Waals surface area contributed by atoms with Gasteiger partial charge in [-0.2, -0.15) is 5.10 Å². The minimum absolute atomic E-state index is 0.106. The summed E-state index contributed by atoms with van der Waals surface area (Å²) >= 11 is 0. The van der Waals surface area contributed by atoms with Crippen LogP contribution >= 0.6 is 0 Å². The molecule has 0 fully saturated rings. The number of rotatable bonds is 9. The van der Waals surface area contributed by atoms with Crippen molar-refractivity contribution in [3.05, 3.63) is 72.1 Å². The number of carbonyl (C=O) groups is 2. The van der Waals surface area contributed by atoms with E-state index in [1.165, 1.54) is 36.1 Å². The van der Waals surface area contributed by atoms with Gasteiger partial charge in [-0.05, 0) is 61.0 Å². The topological polar surface area (TPSA) is 137 Å². The van der Waals surface area contributed by atoms with Gasteiger partial charge >= 0.3 is 11.9 Å². The highest BCUT2D eigenvalue weighted by molar-refractivity contribution is 7.92. The van der Waals surface area contributed by atoms with Gasteiger partial charge in [0.15, 0.2) is 5.69 Å². The van der Waals surface area contributed by atoms with Crippen LogP contribution in [0.2, 0.25) is 0 Å². The molecule has 11 heteroatoms. The third-order valence-electron chi connectivity index (χ3n) is 4.35. The SMILES string of the molecule is CCOC(=O)c1ccn(-c2ccc(NS(=O)(=O)c3cc(/C=C/C(=O)O)ccc3OC)cc2)n1. The summed E-state index contributed by atoms with van der Waals surface area (Å²) in [4.78, 5) is 22.4. The van der Waals surface area contributed by atoms with Crippen molar-refractivity contribution in [3.8, 4) is 11.4 Å². The van der Waals surface area contributed by atoms with Crippen molar-refractivity contribution in [3.63, 3.8) is 0 Å². The Labute approximate surface area is 190 Å². The van der Waals surface area contributed by atoms with Gasteiger partial charge in [-0.1, -0.05) is 6.07 Å². The van der Waals surface area contributed by atoms with Crippen molar-refractivity contribution in [2.24, 2.45) is 0 Å². The molecule has 2 aromatic carbocycles. The Morgan fingerprint density at radius 2 is 1.88 bits per heavy atom. The summed E-state index contributed by atoms with van der Waals surface area (Å²) in [7, 11) is -2.71. The van der Waals surface area contributed by atoms with Crippen molar-refractivity contribution >= 4 is 33.7 Å². The van der Waals surface area contributed by atoms with Crippen LogP contribution in [0.15, 0.2) is 65.7 Å². The summed E-state index contributed by atoms with van der Waals surface area (Å²) in [6.45, 7) is 1.94. The quantitative estimate of drug-likeness (QED) is 0.359. The zero-order chi connectivity index (χ0) is 24.0. The second-order valence-electron chi connectivity index (χ2n) is 6.60. The molecule has 1 heterocycles. The minimum atomic E-state index is -4.05. The Hall–Kier alpha value is -4.12. The molecule has 0 amide bonds. The van der Waals surface area contributed by atoms with E-state index in [2.05, 4.69) is 9.82 Å². The Balaban J connectivity index is 1.83. The monoisotopic (exact) mass is 471 g/mol. The lowest BCUT2D eigenvalue weighted by Crippen LogP contribution is -2.14. The van der Waals surface area contributed by atoms with E-state index >= 15 is 0 Å². The number of carbonyl (C=O) groups excluding carboxylic acids is 1. The van der Waals surface area contributed by atoms with Crippen LogP contribution in [0.1, 0.15) is 23.0 Å². The van der Waals surface area contributed by atoms with E-state index in [4.69, 9.17) is 14.6 Å². The highest BCUT2D eigenvalue weighted by Crippen LogP contribution is 2.28. The predicted octanol–water partition coefficient (Wildman–Crippen LogP) is 2.96. The molecular formula is C22H21N3O7S. The Morgan fingerprint density at radius 1 is 1.15 bits per heavy atom. The first kappa shape index (κ1) is 23.5. The highest BCUT2D eigenvalue weighted by atomic mass is 32.2. The molecule has 0 bridgehead atoms. The van der Waals surface area contributed by atoms with Crippen molar-refractivity contribution in [1.82, 2.24) is 9.78 Å². The summed E-state index contributed by atoms with van der Waals surface area (Å²) in [5.41, 5.74) is 1.42. The molecule has 172 valence electrons. The van der Waals surface area contributed by atoms with Crippen LogP contribution in [0.3, 0.4) is 0 Å². The lowest BCUT2D eigenvalue weighted by molar-refractivity contribution is -0.131. The Morgan fingerprint density at radius 3 is 2.52 bits per heavy atom. The fraction of sp³-hybridized carbons (Fsp3) is 0.136. The first-order valence-electron chi connectivity index (χ1n) is 9.68. The summed E-state index contributed by atoms with van der Waals surface area (Å²) in [6, 6.07) is 12.2. The fourth-order valence-corrected chi connectivity index (χ4v) is 4.11. The zero-order valence-electron chi connectivity index (χ0n) is 17.8. The lowest BCUT2D eigenvalue weighted by Gasteiger charge is -2.13. The lowest BCUT2D eigenvalue weighted by atomic mass is 10.2. The number of nitrogens with one attached hydrogen (secondary N) is 1. The van der Waals surface area contributed by atoms with E-state index in [0.29, 0.717) is 11.3 Å². The van der Waals surface area contributed by atoms with Gasteiger partial charge in [-0.3, -0.25) is 4.72 Å². The molecular weight excluding hydrogens is 450 g/mol. The molecule has 3 rings (SSSR count). The first-order chi connectivity index (χ1) is 15.7. The molecule has 0 aliphatic carbocycles. The van der Waals surface area contributed by atoms with Crippen LogP contribution in [0.4, 0.5) is 5.69 Å². The van der Waals surface area contributed by atoms with Gasteiger partial charge in [0.2, 0.25) is 0 Å². The van der Waals surface area contributed by atoms with Crippen LogP contribution in [0, 0.1) is 0 Å². The number of carboxylic acids is 1. The third kappa shape index (κ3) is 5.77. The molecule has 33 heavy (non-hydrogen) atoms. The smallest absolute Gasteiger partial charge is 0.358 e. The number of nitrogens with zero attached hydrogens (tertiary/aromatic N) is 2. The number of esters is 1. The van der Waals surface area contributed by atoms with Crippen LogP contribution in [0.25, 0.3) is 11.8 Å². The van der Waals surface area contributed by atoms with E-state index in [1.807, 2.05) is 0 Å². The Bertz CT molecular complexity index is 1300. The highest BCUT2D eigenvalue weighted by Gasteiger charge is 2.20. The number of sulfonamides is 1. The molecule has 0 spiro atoms. The summed E-state index contributed by atoms with van der Waals surface area (Å²) in [5.74, 6) is -1.58. The van der Waals surface area contributed by atoms with Gasteiger partial charge < -0.3 is 14.6 Å². The molecule has 0 unspecified atom stereocenters. The predicted molar refractivity (Wildman–Crippen MR) is 120 cm³/mol. The molecule has 0 atom stereocenters. The zero-order valence-corrected chi connectivity index (χ0v) is 18.6. The number of hydrogen-bond donors (Lipinski definition) is 2. The van der Waals surface area contributed by atoms with Crippen molar-refractivity contribution in [1.29, 1.82) is 0 Å². The molecule has 0 aliphatic rings. The summed E-state index contributed by atoms with van der Waals surface area (Å²) in [5, 5.41) is 12.9. The number of carboxylic acid groups (broad SMARTS) is 1. The van der Waals surface area contributed by atoms with Crippen molar-refractivity contribution < 1.29 is 32.6 Å². The normalized spacial score (nSPS) is 11.3. The summed E-state index contributed by atoms with van der Waals surface area (Å²) < 4.78 is 39.9. The van der Waals surface area contributed by atoms with Crippen LogP contribution in [0.5, 0.6) is 5.75 Å². The maximum Gasteiger partial charge on any atom is 0.358 e. The Kier molecular flexibility index (Phi) is 7.13. The molecule has 0 aliphatic heterocycles. The molecule has 1 aromatic heterocycles. The van der Waals surface area contributed by atoms with Crippen LogP contribution in [-0.2, 0) is 19.6 Å². The average Bonchev–Trinajstić information content (AvgIpc) is 3.28. The fourth-order valence-electron chi connectivity index (χ4n) is 2.85. The molecule has 0 saturated carbocycles. The molecule has 3 aromatic rings. The van der Waals surface area contributed by atoms with E-state index in [-0.39, 0.29) is 28.6 Å². The van der Waals surface area contributed by atoms with Gasteiger partial charge in [0.1, 0.15) is 10.6 Å². The molecule has 0 saturated heterocycles.